The van der Waals surface area contributed by atoms with Crippen molar-refractivity contribution in [2.24, 2.45) is 10.9 Å². The predicted molar refractivity (Wildman–Crippen MR) is 209 cm³/mol. The van der Waals surface area contributed by atoms with Gasteiger partial charge in [-0.05, 0) is 63.5 Å². The average Bonchev–Trinajstić information content (AvgIpc) is 3.38. The van der Waals surface area contributed by atoms with E-state index in [-0.39, 0.29) is 47.1 Å². The zero-order valence-corrected chi connectivity index (χ0v) is 31.7. The molecule has 56 heavy (non-hydrogen) atoms. The Morgan fingerprint density at radius 3 is 2.48 bits per heavy atom. The second kappa shape index (κ2) is 15.4. The van der Waals surface area contributed by atoms with Gasteiger partial charge in [0.25, 0.3) is 17.7 Å². The Morgan fingerprint density at radius 1 is 1.09 bits per heavy atom. The number of likely N-dealkylation sites (tertiary alicyclic amines) is 1. The van der Waals surface area contributed by atoms with Gasteiger partial charge in [-0.25, -0.2) is 4.99 Å². The maximum Gasteiger partial charge on any atom is 0.262 e. The van der Waals surface area contributed by atoms with Crippen molar-refractivity contribution in [1.82, 2.24) is 31.1 Å². The van der Waals surface area contributed by atoms with Crippen molar-refractivity contribution in [3.05, 3.63) is 87.1 Å². The Bertz CT molecular complexity index is 2110. The van der Waals surface area contributed by atoms with E-state index in [4.69, 9.17) is 22.4 Å². The number of halogens is 1. The number of fused-ring (bicyclic) bond motifs is 1. The number of piperidine rings is 2. The normalized spacial score (nSPS) is 23.9. The van der Waals surface area contributed by atoms with Crippen LogP contribution in [0.1, 0.15) is 60.2 Å². The smallest absolute Gasteiger partial charge is 0.262 e. The maximum atomic E-state index is 13.3. The van der Waals surface area contributed by atoms with E-state index in [9.17, 15) is 29.1 Å². The monoisotopic (exact) mass is 782 g/mol. The highest BCUT2D eigenvalue weighted by Gasteiger charge is 2.45. The fourth-order valence-corrected chi connectivity index (χ4v) is 7.77. The van der Waals surface area contributed by atoms with E-state index in [1.54, 1.807) is 38.3 Å². The number of nitrogens with zero attached hydrogens (tertiary/aromatic N) is 4. The lowest BCUT2D eigenvalue weighted by molar-refractivity contribution is -0.136. The molecule has 17 heteroatoms. The van der Waals surface area contributed by atoms with Gasteiger partial charge in [-0.1, -0.05) is 11.6 Å². The van der Waals surface area contributed by atoms with Gasteiger partial charge in [0.05, 0.1) is 33.0 Å². The van der Waals surface area contributed by atoms with Crippen LogP contribution in [0.2, 0.25) is 0 Å². The summed E-state index contributed by atoms with van der Waals surface area (Å²) in [4.78, 5) is 73.3. The van der Waals surface area contributed by atoms with E-state index in [1.807, 2.05) is 6.07 Å². The molecule has 5 heterocycles. The van der Waals surface area contributed by atoms with Crippen LogP contribution in [0.3, 0.4) is 0 Å². The topological polar surface area (TPSA) is 223 Å². The fourth-order valence-electron chi connectivity index (χ4n) is 7.67. The highest BCUT2D eigenvalue weighted by atomic mass is 35.5. The summed E-state index contributed by atoms with van der Waals surface area (Å²) in [7, 11) is 0. The quantitative estimate of drug-likeness (QED) is 0.104. The number of rotatable bonds is 10. The number of amides is 5. The van der Waals surface area contributed by atoms with Crippen LogP contribution in [0.4, 0.5) is 5.69 Å². The third-order valence-corrected chi connectivity index (χ3v) is 10.9. The number of carbonyl (C=O) groups is 5. The molecule has 3 fully saturated rings. The highest BCUT2D eigenvalue weighted by Crippen LogP contribution is 2.34. The van der Waals surface area contributed by atoms with Crippen molar-refractivity contribution in [3.8, 4) is 0 Å². The molecule has 0 saturated carbocycles. The largest absolute Gasteiger partial charge is 0.388 e. The van der Waals surface area contributed by atoms with Crippen LogP contribution >= 0.6 is 11.6 Å². The molecule has 1 aliphatic carbocycles. The Balaban J connectivity index is 0.911. The van der Waals surface area contributed by atoms with Crippen LogP contribution < -0.4 is 26.2 Å². The zero-order chi connectivity index (χ0) is 39.9. The molecule has 5 amide bonds. The zero-order valence-electron chi connectivity index (χ0n) is 30.9. The van der Waals surface area contributed by atoms with Gasteiger partial charge in [-0.3, -0.25) is 34.2 Å². The molecule has 1 unspecified atom stereocenters. The summed E-state index contributed by atoms with van der Waals surface area (Å²) in [6.45, 7) is 7.46. The molecular weight excluding hydrogens is 740 g/mol. The number of aliphatic imine (C=N–C) groups is 1. The standard InChI is InChI=1S/C39H43ClN10O6/c1-39(2,56)29-13-30(42)22(11-31(29)46-35(52)28(14-41)34-44-16-23(40)17-45-34)15-43-24-7-9-48(10-8-24)18-21-19-49(20-21)25-3-4-26-27(12-25)38(55)50(37(26)54)32-5-6-33(51)47-36(32)53/h3-4,11-17,21,24,32,41-44,56H,5-10,18-20H2,1-2H3,(H,46,52)(H,47,51,53)/b22-15-,34-28-,41-14?,42-30?. The molecule has 0 radical (unpaired) electrons. The summed E-state index contributed by atoms with van der Waals surface area (Å²) < 4.78 is 0. The summed E-state index contributed by atoms with van der Waals surface area (Å²) in [6.07, 6.45) is 10.6. The van der Waals surface area contributed by atoms with Gasteiger partial charge in [0, 0.05) is 98.5 Å². The van der Waals surface area contributed by atoms with E-state index >= 15 is 0 Å². The maximum absolute atomic E-state index is 13.3. The van der Waals surface area contributed by atoms with Gasteiger partial charge in [-0.2, -0.15) is 0 Å². The van der Waals surface area contributed by atoms with Crippen molar-refractivity contribution in [2.45, 2.75) is 57.2 Å². The minimum atomic E-state index is -1.37. The molecule has 16 nitrogen and oxygen atoms in total. The van der Waals surface area contributed by atoms with E-state index in [0.29, 0.717) is 27.8 Å². The van der Waals surface area contributed by atoms with Gasteiger partial charge in [0.1, 0.15) is 11.9 Å². The number of imide groups is 2. The molecular formula is C39H43ClN10O6. The van der Waals surface area contributed by atoms with Gasteiger partial charge in [0.2, 0.25) is 11.8 Å². The number of hydrogen-bond acceptors (Lipinski definition) is 13. The number of aliphatic hydroxyl groups is 1. The average molecular weight is 783 g/mol. The lowest BCUT2D eigenvalue weighted by Gasteiger charge is -2.44. The molecule has 5 aliphatic heterocycles. The minimum Gasteiger partial charge on any atom is -0.388 e. The Morgan fingerprint density at radius 2 is 1.82 bits per heavy atom. The Kier molecular flexibility index (Phi) is 10.6. The van der Waals surface area contributed by atoms with Crippen molar-refractivity contribution in [3.63, 3.8) is 0 Å². The summed E-state index contributed by atoms with van der Waals surface area (Å²) in [5, 5.41) is 39.0. The van der Waals surface area contributed by atoms with Crippen molar-refractivity contribution in [2.75, 3.05) is 37.6 Å². The third-order valence-electron chi connectivity index (χ3n) is 10.7. The molecule has 0 aromatic heterocycles. The first-order valence-electron chi connectivity index (χ1n) is 18.5. The first-order chi connectivity index (χ1) is 26.7. The fraction of sp³-hybridized carbons (Fsp3) is 0.385. The van der Waals surface area contributed by atoms with E-state index < -0.39 is 41.2 Å². The van der Waals surface area contributed by atoms with Gasteiger partial charge in [0.15, 0.2) is 0 Å². The number of allylic oxidation sites excluding steroid dienone is 4. The summed E-state index contributed by atoms with van der Waals surface area (Å²) in [6, 6.07) is 4.39. The molecule has 0 bridgehead atoms. The van der Waals surface area contributed by atoms with Crippen molar-refractivity contribution < 1.29 is 29.1 Å². The molecule has 1 aromatic carbocycles. The molecule has 7 N–H and O–H groups in total. The third kappa shape index (κ3) is 7.85. The minimum absolute atomic E-state index is 0.0409. The van der Waals surface area contributed by atoms with Crippen molar-refractivity contribution >= 4 is 65.0 Å². The number of carbonyl (C=O) groups excluding carboxylic acids is 5. The van der Waals surface area contributed by atoms with Gasteiger partial charge in [-0.15, -0.1) is 0 Å². The second-order valence-electron chi connectivity index (χ2n) is 15.2. The molecule has 292 valence electrons. The van der Waals surface area contributed by atoms with E-state index in [2.05, 4.69) is 36.1 Å². The first-order valence-corrected chi connectivity index (χ1v) is 18.8. The van der Waals surface area contributed by atoms with E-state index in [1.165, 1.54) is 18.5 Å². The van der Waals surface area contributed by atoms with Crippen molar-refractivity contribution in [1.29, 1.82) is 10.8 Å². The molecule has 6 aliphatic rings. The van der Waals surface area contributed by atoms with Crippen LogP contribution in [-0.2, 0) is 14.4 Å². The van der Waals surface area contributed by atoms with Gasteiger partial charge >= 0.3 is 0 Å². The molecule has 3 saturated heterocycles. The SMILES string of the molecule is CC(C)(O)C1=CC(=N)/C(=C\NC2CCN(CC3CN(c4ccc5c(c4)C(=O)N(C4CCC(=O)NC4=O)C5=O)C3)CC2)C=C1NC(=O)/C(C=N)=C1\N=CC(Cl)=CN1. The summed E-state index contributed by atoms with van der Waals surface area (Å²) in [5.74, 6) is -2.10. The second-order valence-corrected chi connectivity index (χ2v) is 15.6. The lowest BCUT2D eigenvalue weighted by atomic mass is 9.87. The molecule has 0 spiro atoms. The van der Waals surface area contributed by atoms with Gasteiger partial charge < -0.3 is 41.7 Å². The van der Waals surface area contributed by atoms with E-state index in [0.717, 1.165) is 62.4 Å². The number of hydrogen-bond donors (Lipinski definition) is 7. The summed E-state index contributed by atoms with van der Waals surface area (Å²) >= 11 is 5.91. The van der Waals surface area contributed by atoms with Crippen LogP contribution in [-0.4, -0.2) is 113 Å². The Labute approximate surface area is 328 Å². The molecule has 1 atom stereocenters. The molecule has 1 aromatic rings. The van der Waals surface area contributed by atoms with Crippen LogP contribution in [0.15, 0.2) is 81.0 Å². The first kappa shape index (κ1) is 38.6. The molecule has 7 rings (SSSR count). The van der Waals surface area contributed by atoms with Crippen LogP contribution in [0.5, 0.6) is 0 Å². The Hall–Kier alpha value is -5.71. The number of anilines is 1. The predicted octanol–water partition coefficient (Wildman–Crippen LogP) is 1.81. The van der Waals surface area contributed by atoms with Crippen LogP contribution in [0, 0.1) is 16.7 Å². The number of nitrogens with one attached hydrogen (secondary N) is 6. The number of benzene rings is 1. The highest BCUT2D eigenvalue weighted by molar-refractivity contribution is 6.39. The lowest BCUT2D eigenvalue weighted by Crippen LogP contribution is -2.54. The van der Waals surface area contributed by atoms with Crippen LogP contribution in [0.25, 0.3) is 0 Å². The summed E-state index contributed by atoms with van der Waals surface area (Å²) in [5.41, 5.74) is 1.34.